The second kappa shape index (κ2) is 12.3. The van der Waals surface area contributed by atoms with Gasteiger partial charge in [-0.1, -0.05) is 41.9 Å². The predicted molar refractivity (Wildman–Crippen MR) is 143 cm³/mol. The van der Waals surface area contributed by atoms with Crippen molar-refractivity contribution in [1.82, 2.24) is 25.8 Å². The summed E-state index contributed by atoms with van der Waals surface area (Å²) in [5.41, 5.74) is 5.11. The molecule has 0 bridgehead atoms. The summed E-state index contributed by atoms with van der Waals surface area (Å²) in [7, 11) is 1.75. The highest BCUT2D eigenvalue weighted by molar-refractivity contribution is 14.0. The van der Waals surface area contributed by atoms with Crippen LogP contribution in [0.2, 0.25) is 0 Å². The lowest BCUT2D eigenvalue weighted by molar-refractivity contribution is 0.423. The maximum absolute atomic E-state index is 5.62. The van der Waals surface area contributed by atoms with E-state index in [9.17, 15) is 0 Å². The van der Waals surface area contributed by atoms with E-state index in [1.807, 2.05) is 43.3 Å². The zero-order valence-electron chi connectivity index (χ0n) is 19.5. The van der Waals surface area contributed by atoms with Crippen LogP contribution in [0, 0.1) is 6.92 Å². The van der Waals surface area contributed by atoms with Gasteiger partial charge in [0.25, 0.3) is 5.89 Å². The highest BCUT2D eigenvalue weighted by Gasteiger charge is 2.09. The van der Waals surface area contributed by atoms with Crippen molar-refractivity contribution < 1.29 is 8.94 Å². The minimum atomic E-state index is 0. The van der Waals surface area contributed by atoms with Crippen LogP contribution in [-0.2, 0) is 19.4 Å². The van der Waals surface area contributed by atoms with Crippen LogP contribution in [-0.4, -0.2) is 34.7 Å². The number of hydrogen-bond acceptors (Lipinski definition) is 6. The molecule has 0 saturated heterocycles. The molecule has 4 rings (SSSR count). The third-order valence-electron chi connectivity index (χ3n) is 5.20. The van der Waals surface area contributed by atoms with Crippen molar-refractivity contribution in [3.8, 4) is 22.9 Å². The van der Waals surface area contributed by atoms with Gasteiger partial charge < -0.3 is 19.6 Å². The van der Waals surface area contributed by atoms with Crippen LogP contribution in [0.1, 0.15) is 29.6 Å². The molecule has 2 aromatic heterocycles. The second-order valence-corrected chi connectivity index (χ2v) is 7.68. The number of oxazole rings is 1. The number of benzene rings is 2. The van der Waals surface area contributed by atoms with Crippen LogP contribution in [0.4, 0.5) is 0 Å². The van der Waals surface area contributed by atoms with E-state index in [0.717, 1.165) is 36.2 Å². The first-order chi connectivity index (χ1) is 16.1. The van der Waals surface area contributed by atoms with Gasteiger partial charge >= 0.3 is 0 Å². The van der Waals surface area contributed by atoms with Crippen molar-refractivity contribution >= 4 is 29.9 Å². The minimum absolute atomic E-state index is 0. The number of guanidine groups is 1. The van der Waals surface area contributed by atoms with Gasteiger partial charge in [-0.25, -0.2) is 4.98 Å². The number of halogens is 1. The first-order valence-corrected chi connectivity index (χ1v) is 11.0. The van der Waals surface area contributed by atoms with Gasteiger partial charge in [0.15, 0.2) is 11.8 Å². The number of nitrogens with one attached hydrogen (secondary N) is 2. The van der Waals surface area contributed by atoms with Gasteiger partial charge in [0.2, 0.25) is 5.89 Å². The summed E-state index contributed by atoms with van der Waals surface area (Å²) in [5.74, 6) is 2.60. The Bertz CT molecular complexity index is 1200. The molecule has 0 amide bonds. The van der Waals surface area contributed by atoms with E-state index in [-0.39, 0.29) is 24.0 Å². The van der Waals surface area contributed by atoms with Crippen molar-refractivity contribution in [1.29, 1.82) is 0 Å². The molecule has 9 heteroatoms. The van der Waals surface area contributed by atoms with Crippen molar-refractivity contribution in [2.45, 2.75) is 33.2 Å². The molecule has 0 saturated carbocycles. The number of aromatic nitrogens is 3. The van der Waals surface area contributed by atoms with Gasteiger partial charge in [0, 0.05) is 31.1 Å². The molecule has 8 nitrogen and oxygen atoms in total. The molecule has 4 aromatic rings. The summed E-state index contributed by atoms with van der Waals surface area (Å²) in [5, 5.41) is 10.5. The van der Waals surface area contributed by atoms with Crippen LogP contribution < -0.4 is 10.6 Å². The summed E-state index contributed by atoms with van der Waals surface area (Å²) >= 11 is 0. The van der Waals surface area contributed by atoms with E-state index in [1.54, 1.807) is 13.3 Å². The van der Waals surface area contributed by atoms with Crippen LogP contribution in [0.25, 0.3) is 22.9 Å². The minimum Gasteiger partial charge on any atom is -0.444 e. The molecule has 0 aliphatic carbocycles. The summed E-state index contributed by atoms with van der Waals surface area (Å²) in [6.07, 6.45) is 3.28. The van der Waals surface area contributed by atoms with E-state index in [4.69, 9.17) is 8.94 Å². The van der Waals surface area contributed by atoms with Gasteiger partial charge in [0.1, 0.15) is 6.26 Å². The van der Waals surface area contributed by atoms with Crippen LogP contribution in [0.3, 0.4) is 0 Å². The normalized spacial score (nSPS) is 11.2. The van der Waals surface area contributed by atoms with Gasteiger partial charge in [-0.15, -0.1) is 24.0 Å². The maximum Gasteiger partial charge on any atom is 0.257 e. The Morgan fingerprint density at radius 2 is 1.65 bits per heavy atom. The van der Waals surface area contributed by atoms with Crippen LogP contribution >= 0.6 is 24.0 Å². The van der Waals surface area contributed by atoms with Crippen molar-refractivity contribution in [3.63, 3.8) is 0 Å². The third-order valence-corrected chi connectivity index (χ3v) is 5.20. The molecule has 2 N–H and O–H groups in total. The van der Waals surface area contributed by atoms with E-state index in [2.05, 4.69) is 49.8 Å². The Balaban J connectivity index is 0.00000324. The SMILES string of the molecule is CCc1noc(-c2ccc(CCNC(=NC)NCc3coc(-c4ccc(C)cc4)n3)cc2)n1.I. The standard InChI is InChI=1S/C25H28N6O2.HI/c1-4-22-30-24(33-31-22)20-11-7-18(8-12-20)13-14-27-25(26-3)28-15-21-16-32-23(29-21)19-9-5-17(2)6-10-19;/h5-12,16H,4,13-15H2,1-3H3,(H2,26,27,28);1H. The fourth-order valence-electron chi connectivity index (χ4n) is 3.27. The summed E-state index contributed by atoms with van der Waals surface area (Å²) in [6.45, 7) is 5.32. The third kappa shape index (κ3) is 6.66. The molecule has 2 heterocycles. The fraction of sp³-hybridized carbons (Fsp3) is 0.280. The monoisotopic (exact) mass is 572 g/mol. The summed E-state index contributed by atoms with van der Waals surface area (Å²) in [4.78, 5) is 13.2. The van der Waals surface area contributed by atoms with Gasteiger partial charge in [0.05, 0.1) is 12.2 Å². The number of rotatable bonds is 8. The molecule has 34 heavy (non-hydrogen) atoms. The molecule has 0 aliphatic rings. The lowest BCUT2D eigenvalue weighted by atomic mass is 10.1. The lowest BCUT2D eigenvalue weighted by Gasteiger charge is -2.11. The topological polar surface area (TPSA) is 101 Å². The molecular weight excluding hydrogens is 543 g/mol. The predicted octanol–water partition coefficient (Wildman–Crippen LogP) is 4.79. The van der Waals surface area contributed by atoms with Crippen molar-refractivity contribution in [2.24, 2.45) is 4.99 Å². The Hall–Kier alpha value is -3.21. The number of hydrogen-bond donors (Lipinski definition) is 2. The molecule has 0 atom stereocenters. The number of nitrogens with zero attached hydrogens (tertiary/aromatic N) is 4. The first kappa shape index (κ1) is 25.4. The number of aryl methyl sites for hydroxylation is 2. The molecule has 0 radical (unpaired) electrons. The number of aliphatic imine (C=N–C) groups is 1. The lowest BCUT2D eigenvalue weighted by Crippen LogP contribution is -2.37. The van der Waals surface area contributed by atoms with E-state index in [0.29, 0.717) is 30.1 Å². The maximum atomic E-state index is 5.62. The van der Waals surface area contributed by atoms with Crippen molar-refractivity contribution in [3.05, 3.63) is 77.4 Å². The second-order valence-electron chi connectivity index (χ2n) is 7.68. The zero-order chi connectivity index (χ0) is 23.0. The Morgan fingerprint density at radius 1 is 0.941 bits per heavy atom. The van der Waals surface area contributed by atoms with Crippen LogP contribution in [0.5, 0.6) is 0 Å². The average Bonchev–Trinajstić information content (AvgIpc) is 3.52. The van der Waals surface area contributed by atoms with E-state index in [1.165, 1.54) is 11.1 Å². The summed E-state index contributed by atoms with van der Waals surface area (Å²) < 4.78 is 10.9. The van der Waals surface area contributed by atoms with Crippen LogP contribution in [0.15, 0.2) is 68.7 Å². The zero-order valence-corrected chi connectivity index (χ0v) is 21.9. The molecular formula is C25H29IN6O2. The molecule has 0 aliphatic heterocycles. The first-order valence-electron chi connectivity index (χ1n) is 11.0. The summed E-state index contributed by atoms with van der Waals surface area (Å²) in [6, 6.07) is 16.3. The van der Waals surface area contributed by atoms with Gasteiger partial charge in [-0.2, -0.15) is 4.98 Å². The van der Waals surface area contributed by atoms with E-state index >= 15 is 0 Å². The van der Waals surface area contributed by atoms with Gasteiger partial charge in [-0.3, -0.25) is 4.99 Å². The Labute approximate surface area is 216 Å². The molecule has 0 unspecified atom stereocenters. The molecule has 178 valence electrons. The Kier molecular flexibility index (Phi) is 9.20. The smallest absolute Gasteiger partial charge is 0.257 e. The largest absolute Gasteiger partial charge is 0.444 e. The average molecular weight is 572 g/mol. The Morgan fingerprint density at radius 3 is 2.32 bits per heavy atom. The highest BCUT2D eigenvalue weighted by atomic mass is 127. The quantitative estimate of drug-likeness (QED) is 0.178. The molecule has 2 aromatic carbocycles. The fourth-order valence-corrected chi connectivity index (χ4v) is 3.27. The van der Waals surface area contributed by atoms with Gasteiger partial charge in [-0.05, 0) is 43.2 Å². The van der Waals surface area contributed by atoms with Crippen molar-refractivity contribution in [2.75, 3.05) is 13.6 Å². The molecule has 0 fully saturated rings. The highest BCUT2D eigenvalue weighted by Crippen LogP contribution is 2.19. The molecule has 0 spiro atoms. The van der Waals surface area contributed by atoms with E-state index < -0.39 is 0 Å².